The quantitative estimate of drug-likeness (QED) is 0.650. The van der Waals surface area contributed by atoms with Crippen LogP contribution in [0.3, 0.4) is 0 Å². The number of aliphatic imine (C=N–C) groups is 2. The summed E-state index contributed by atoms with van der Waals surface area (Å²) in [5.74, 6) is 1.09. The molecule has 0 aromatic rings. The van der Waals surface area contributed by atoms with E-state index in [4.69, 9.17) is 0 Å². The molecule has 0 bridgehead atoms. The van der Waals surface area contributed by atoms with Gasteiger partial charge >= 0.3 is 0 Å². The number of amides is 2. The van der Waals surface area contributed by atoms with E-state index in [0.29, 0.717) is 24.3 Å². The number of dihydropyridines is 1. The topological polar surface area (TPSA) is 86.2 Å². The molecule has 3 saturated carbocycles. The third-order valence-electron chi connectivity index (χ3n) is 10.5. The highest BCUT2D eigenvalue weighted by Crippen LogP contribution is 2.65. The summed E-state index contributed by atoms with van der Waals surface area (Å²) < 4.78 is 14.6. The Hall–Kier alpha value is -2.51. The summed E-state index contributed by atoms with van der Waals surface area (Å²) >= 11 is 0. The van der Waals surface area contributed by atoms with E-state index in [1.807, 2.05) is 12.2 Å². The molecule has 3 aliphatic heterocycles. The molecule has 0 aromatic heterocycles. The fourth-order valence-corrected chi connectivity index (χ4v) is 8.77. The molecule has 6 rings (SSSR count). The van der Waals surface area contributed by atoms with Crippen molar-refractivity contribution in [2.45, 2.75) is 70.6 Å². The lowest BCUT2D eigenvalue weighted by Crippen LogP contribution is -2.60. The molecule has 6 aliphatic rings. The van der Waals surface area contributed by atoms with Gasteiger partial charge in [-0.05, 0) is 73.8 Å². The molecule has 0 aromatic carbocycles. The van der Waals surface area contributed by atoms with Crippen molar-refractivity contribution in [2.24, 2.45) is 44.5 Å². The van der Waals surface area contributed by atoms with E-state index in [0.717, 1.165) is 44.4 Å². The Labute approximate surface area is 206 Å². The Morgan fingerprint density at radius 1 is 1.23 bits per heavy atom. The molecule has 2 N–H and O–H groups in total. The molecule has 0 saturated heterocycles. The highest BCUT2D eigenvalue weighted by Gasteiger charge is 2.62. The average molecular weight is 482 g/mol. The van der Waals surface area contributed by atoms with Gasteiger partial charge in [0.15, 0.2) is 5.83 Å². The minimum Gasteiger partial charge on any atom is -0.349 e. The number of hydrogen-bond acceptors (Lipinski definition) is 5. The second-order valence-electron chi connectivity index (χ2n) is 12.0. The SMILES string of the molecule is CN1C(=O)C(F)=C[C@]2(C)C3CC[C@]4(C)[C@@H](C(=O)NCC5=NC6C=CC=NC6N5)CC[C@H]4C3CC[C@@H]12. The maximum absolute atomic E-state index is 14.6. The van der Waals surface area contributed by atoms with Gasteiger partial charge in [0.05, 0.1) is 6.54 Å². The van der Waals surface area contributed by atoms with Crippen LogP contribution in [0.1, 0.15) is 52.4 Å². The largest absolute Gasteiger partial charge is 0.349 e. The predicted octanol–water partition coefficient (Wildman–Crippen LogP) is 2.99. The standard InChI is InChI=1S/C27H36FN5O2/c1-26-11-10-17-15(6-9-21-27(17,2)13-19(28)25(35)33(21)3)16(26)7-8-18(26)24(34)30-14-22-31-20-5-4-12-29-23(20)32-22/h4-5,12-13,15-18,20-21,23H,6-11,14H2,1-3H3,(H,30,34)(H,31,32)/t15?,16-,17?,18+,20?,21+,23?,26-,27+/m0/s1. The monoisotopic (exact) mass is 481 g/mol. The zero-order valence-electron chi connectivity index (χ0n) is 20.8. The first-order chi connectivity index (χ1) is 16.7. The van der Waals surface area contributed by atoms with Gasteiger partial charge in [-0.25, -0.2) is 4.39 Å². The number of allylic oxidation sites excluding steroid dienone is 1. The predicted molar refractivity (Wildman–Crippen MR) is 132 cm³/mol. The van der Waals surface area contributed by atoms with Crippen LogP contribution < -0.4 is 10.6 Å². The van der Waals surface area contributed by atoms with Gasteiger partial charge in [-0.1, -0.05) is 19.9 Å². The molecule has 0 spiro atoms. The molecule has 3 aliphatic carbocycles. The van der Waals surface area contributed by atoms with Crippen molar-refractivity contribution in [3.63, 3.8) is 0 Å². The lowest BCUT2D eigenvalue weighted by Gasteiger charge is -2.60. The maximum Gasteiger partial charge on any atom is 0.282 e. The number of hydrogen-bond donors (Lipinski definition) is 2. The summed E-state index contributed by atoms with van der Waals surface area (Å²) in [7, 11) is 1.75. The first-order valence-electron chi connectivity index (χ1n) is 13.2. The number of amidine groups is 1. The van der Waals surface area contributed by atoms with Crippen molar-refractivity contribution >= 4 is 23.9 Å². The van der Waals surface area contributed by atoms with Crippen molar-refractivity contribution in [1.82, 2.24) is 15.5 Å². The fourth-order valence-electron chi connectivity index (χ4n) is 8.77. The van der Waals surface area contributed by atoms with Gasteiger partial charge in [-0.3, -0.25) is 19.6 Å². The zero-order chi connectivity index (χ0) is 24.5. The zero-order valence-corrected chi connectivity index (χ0v) is 20.8. The molecule has 7 nitrogen and oxygen atoms in total. The molecule has 35 heavy (non-hydrogen) atoms. The van der Waals surface area contributed by atoms with Gasteiger partial charge in [0.2, 0.25) is 5.91 Å². The second kappa shape index (κ2) is 8.00. The molecule has 4 unspecified atom stereocenters. The molecular formula is C27H36FN5O2. The third-order valence-corrected chi connectivity index (χ3v) is 10.5. The number of nitrogens with zero attached hydrogens (tertiary/aromatic N) is 3. The summed E-state index contributed by atoms with van der Waals surface area (Å²) in [5.41, 5.74) is -0.379. The lowest BCUT2D eigenvalue weighted by molar-refractivity contribution is -0.145. The third kappa shape index (κ3) is 3.34. The Morgan fingerprint density at radius 2 is 2.06 bits per heavy atom. The van der Waals surface area contributed by atoms with Crippen LogP contribution in [-0.2, 0) is 9.59 Å². The second-order valence-corrected chi connectivity index (χ2v) is 12.0. The van der Waals surface area contributed by atoms with E-state index in [9.17, 15) is 14.0 Å². The van der Waals surface area contributed by atoms with Crippen LogP contribution in [-0.4, -0.2) is 60.6 Å². The van der Waals surface area contributed by atoms with Crippen LogP contribution in [0, 0.1) is 34.5 Å². The first kappa shape index (κ1) is 22.9. The van der Waals surface area contributed by atoms with Gasteiger partial charge < -0.3 is 15.5 Å². The molecular weight excluding hydrogens is 445 g/mol. The van der Waals surface area contributed by atoms with E-state index < -0.39 is 11.7 Å². The number of fused-ring (bicyclic) bond motifs is 6. The minimum atomic E-state index is -0.603. The average Bonchev–Trinajstić information content (AvgIpc) is 3.41. The van der Waals surface area contributed by atoms with Gasteiger partial charge in [0, 0.05) is 30.6 Å². The minimum absolute atomic E-state index is 0.0101. The van der Waals surface area contributed by atoms with Crippen molar-refractivity contribution < 1.29 is 14.0 Å². The Balaban J connectivity index is 1.16. The Bertz CT molecular complexity index is 1070. The van der Waals surface area contributed by atoms with Crippen LogP contribution >= 0.6 is 0 Å². The highest BCUT2D eigenvalue weighted by atomic mass is 19.1. The number of rotatable bonds is 3. The first-order valence-corrected chi connectivity index (χ1v) is 13.2. The molecule has 188 valence electrons. The molecule has 8 heteroatoms. The van der Waals surface area contributed by atoms with Crippen molar-refractivity contribution in [3.05, 3.63) is 24.1 Å². The smallest absolute Gasteiger partial charge is 0.282 e. The van der Waals surface area contributed by atoms with E-state index in [-0.39, 0.29) is 40.9 Å². The van der Waals surface area contributed by atoms with Crippen molar-refractivity contribution in [3.8, 4) is 0 Å². The van der Waals surface area contributed by atoms with Crippen LogP contribution in [0.2, 0.25) is 0 Å². The fraction of sp³-hybridized carbons (Fsp3) is 0.704. The van der Waals surface area contributed by atoms with Crippen LogP contribution in [0.15, 0.2) is 34.0 Å². The molecule has 9 atom stereocenters. The van der Waals surface area contributed by atoms with Gasteiger partial charge in [-0.2, -0.15) is 0 Å². The Morgan fingerprint density at radius 3 is 2.86 bits per heavy atom. The number of halogens is 1. The van der Waals surface area contributed by atoms with E-state index in [2.05, 4.69) is 34.5 Å². The molecule has 0 radical (unpaired) electrons. The van der Waals surface area contributed by atoms with Crippen molar-refractivity contribution in [1.29, 1.82) is 0 Å². The van der Waals surface area contributed by atoms with Crippen LogP contribution in [0.5, 0.6) is 0 Å². The number of likely N-dealkylation sites (N-methyl/N-ethyl adjacent to an activating group) is 1. The number of nitrogens with one attached hydrogen (secondary N) is 2. The van der Waals surface area contributed by atoms with E-state index >= 15 is 0 Å². The number of carbonyl (C=O) groups is 2. The van der Waals surface area contributed by atoms with Crippen molar-refractivity contribution in [2.75, 3.05) is 13.6 Å². The van der Waals surface area contributed by atoms with Gasteiger partial charge in [-0.15, -0.1) is 0 Å². The Kier molecular flexibility index (Phi) is 5.24. The summed E-state index contributed by atoms with van der Waals surface area (Å²) in [6, 6.07) is 0.0724. The normalized spacial score (nSPS) is 45.5. The summed E-state index contributed by atoms with van der Waals surface area (Å²) in [4.78, 5) is 36.4. The van der Waals surface area contributed by atoms with Gasteiger partial charge in [0.25, 0.3) is 5.91 Å². The number of carbonyl (C=O) groups excluding carboxylic acids is 2. The van der Waals surface area contributed by atoms with E-state index in [1.165, 1.54) is 0 Å². The van der Waals surface area contributed by atoms with Crippen LogP contribution in [0.25, 0.3) is 0 Å². The lowest BCUT2D eigenvalue weighted by atomic mass is 9.47. The van der Waals surface area contributed by atoms with Gasteiger partial charge in [0.1, 0.15) is 18.0 Å². The maximum atomic E-state index is 14.6. The molecule has 2 amide bonds. The highest BCUT2D eigenvalue weighted by molar-refractivity contribution is 5.93. The summed E-state index contributed by atoms with van der Waals surface area (Å²) in [6.45, 7) is 4.87. The molecule has 3 heterocycles. The summed E-state index contributed by atoms with van der Waals surface area (Å²) in [6.07, 6.45) is 13.1. The van der Waals surface area contributed by atoms with Crippen LogP contribution in [0.4, 0.5) is 4.39 Å². The summed E-state index contributed by atoms with van der Waals surface area (Å²) in [5, 5.41) is 6.47. The van der Waals surface area contributed by atoms with E-state index in [1.54, 1.807) is 24.2 Å². The molecule has 3 fully saturated rings.